The number of amides is 1. The highest BCUT2D eigenvalue weighted by molar-refractivity contribution is 7.17. The standard InChI is InChI=1S/C10H13ClN2O2S.ClH/c1-15-7-5-12-4-6(7)13-10(14)8-2-3-9(11)16-8;/h2-3,6-7,12H,4-5H2,1H3,(H,13,14);1H/t6?,7-;/m0./s1. The van der Waals surface area contributed by atoms with E-state index < -0.39 is 0 Å². The van der Waals surface area contributed by atoms with Crippen molar-refractivity contribution in [2.45, 2.75) is 12.1 Å². The lowest BCUT2D eigenvalue weighted by molar-refractivity contribution is 0.0783. The summed E-state index contributed by atoms with van der Waals surface area (Å²) in [4.78, 5) is 12.5. The predicted octanol–water partition coefficient (Wildman–Crippen LogP) is 1.54. The second kappa shape index (κ2) is 6.56. The molecule has 4 nitrogen and oxygen atoms in total. The van der Waals surface area contributed by atoms with Crippen LogP contribution in [0.2, 0.25) is 4.34 Å². The zero-order chi connectivity index (χ0) is 11.5. The van der Waals surface area contributed by atoms with Crippen molar-refractivity contribution in [3.05, 3.63) is 21.3 Å². The van der Waals surface area contributed by atoms with Gasteiger partial charge < -0.3 is 15.4 Å². The van der Waals surface area contributed by atoms with Crippen molar-refractivity contribution in [2.75, 3.05) is 20.2 Å². The molecule has 1 saturated heterocycles. The molecular formula is C10H14Cl2N2O2S. The molecule has 0 aromatic carbocycles. The van der Waals surface area contributed by atoms with E-state index in [1.54, 1.807) is 19.2 Å². The molecule has 1 aliphatic heterocycles. The van der Waals surface area contributed by atoms with E-state index in [9.17, 15) is 4.79 Å². The summed E-state index contributed by atoms with van der Waals surface area (Å²) < 4.78 is 5.89. The first kappa shape index (κ1) is 14.7. The monoisotopic (exact) mass is 296 g/mol. The fourth-order valence-corrected chi connectivity index (χ4v) is 2.67. The number of rotatable bonds is 3. The first-order valence-corrected chi connectivity index (χ1v) is 6.20. The fraction of sp³-hybridized carbons (Fsp3) is 0.500. The van der Waals surface area contributed by atoms with Gasteiger partial charge in [-0.3, -0.25) is 4.79 Å². The summed E-state index contributed by atoms with van der Waals surface area (Å²) in [7, 11) is 1.65. The lowest BCUT2D eigenvalue weighted by atomic mass is 10.2. The van der Waals surface area contributed by atoms with Gasteiger partial charge in [0.1, 0.15) is 0 Å². The number of hydrogen-bond acceptors (Lipinski definition) is 4. The third kappa shape index (κ3) is 3.56. The zero-order valence-electron chi connectivity index (χ0n) is 9.23. The van der Waals surface area contributed by atoms with E-state index in [-0.39, 0.29) is 30.5 Å². The van der Waals surface area contributed by atoms with E-state index >= 15 is 0 Å². The number of carbonyl (C=O) groups is 1. The molecule has 0 aliphatic carbocycles. The molecular weight excluding hydrogens is 283 g/mol. The second-order valence-corrected chi connectivity index (χ2v) is 5.33. The van der Waals surface area contributed by atoms with Crippen LogP contribution in [0.4, 0.5) is 0 Å². The van der Waals surface area contributed by atoms with Gasteiger partial charge in [0.05, 0.1) is 21.4 Å². The van der Waals surface area contributed by atoms with Crippen molar-refractivity contribution < 1.29 is 9.53 Å². The second-order valence-electron chi connectivity index (χ2n) is 3.62. The minimum Gasteiger partial charge on any atom is -0.378 e. The molecule has 0 saturated carbocycles. The zero-order valence-corrected chi connectivity index (χ0v) is 11.6. The maximum absolute atomic E-state index is 11.8. The molecule has 2 heterocycles. The SMILES string of the molecule is CO[C@H]1CNCC1NC(=O)c1ccc(Cl)s1.Cl. The number of hydrogen-bond donors (Lipinski definition) is 2. The van der Waals surface area contributed by atoms with Gasteiger partial charge in [-0.1, -0.05) is 11.6 Å². The maximum Gasteiger partial charge on any atom is 0.261 e. The van der Waals surface area contributed by atoms with E-state index in [0.29, 0.717) is 9.21 Å². The third-order valence-corrected chi connectivity index (χ3v) is 3.80. The van der Waals surface area contributed by atoms with E-state index in [0.717, 1.165) is 13.1 Å². The molecule has 1 amide bonds. The molecule has 0 radical (unpaired) electrons. The van der Waals surface area contributed by atoms with Crippen molar-refractivity contribution >= 4 is 41.3 Å². The number of halogens is 2. The Bertz CT molecular complexity index is 386. The summed E-state index contributed by atoms with van der Waals surface area (Å²) in [6.07, 6.45) is 0.0411. The van der Waals surface area contributed by atoms with Gasteiger partial charge in [0.2, 0.25) is 0 Å². The Kier molecular flexibility index (Phi) is 5.69. The number of ether oxygens (including phenoxy) is 1. The Morgan fingerprint density at radius 2 is 2.35 bits per heavy atom. The van der Waals surface area contributed by atoms with Crippen LogP contribution in [0.3, 0.4) is 0 Å². The molecule has 96 valence electrons. The largest absolute Gasteiger partial charge is 0.378 e. The summed E-state index contributed by atoms with van der Waals surface area (Å²) in [5.41, 5.74) is 0. The van der Waals surface area contributed by atoms with Crippen molar-refractivity contribution in [2.24, 2.45) is 0 Å². The molecule has 2 N–H and O–H groups in total. The van der Waals surface area contributed by atoms with Crippen LogP contribution in [-0.2, 0) is 4.74 Å². The topological polar surface area (TPSA) is 50.4 Å². The average Bonchev–Trinajstić information content (AvgIpc) is 2.86. The molecule has 2 rings (SSSR count). The smallest absolute Gasteiger partial charge is 0.261 e. The van der Waals surface area contributed by atoms with Crippen LogP contribution in [0.1, 0.15) is 9.67 Å². The van der Waals surface area contributed by atoms with Gasteiger partial charge in [-0.05, 0) is 12.1 Å². The van der Waals surface area contributed by atoms with E-state index in [2.05, 4.69) is 10.6 Å². The van der Waals surface area contributed by atoms with Gasteiger partial charge >= 0.3 is 0 Å². The lowest BCUT2D eigenvalue weighted by Crippen LogP contribution is -2.43. The molecule has 0 spiro atoms. The molecule has 1 aliphatic rings. The minimum absolute atomic E-state index is 0. The van der Waals surface area contributed by atoms with Crippen LogP contribution in [0, 0.1) is 0 Å². The van der Waals surface area contributed by atoms with Crippen LogP contribution in [0.5, 0.6) is 0 Å². The Morgan fingerprint density at radius 1 is 1.59 bits per heavy atom. The van der Waals surface area contributed by atoms with Gasteiger partial charge in [-0.15, -0.1) is 23.7 Å². The maximum atomic E-state index is 11.8. The highest BCUT2D eigenvalue weighted by atomic mass is 35.5. The van der Waals surface area contributed by atoms with Gasteiger partial charge in [-0.2, -0.15) is 0 Å². The molecule has 2 atom stereocenters. The van der Waals surface area contributed by atoms with Crippen molar-refractivity contribution in [1.82, 2.24) is 10.6 Å². The molecule has 17 heavy (non-hydrogen) atoms. The number of nitrogens with one attached hydrogen (secondary N) is 2. The predicted molar refractivity (Wildman–Crippen MR) is 71.5 cm³/mol. The molecule has 1 fully saturated rings. The molecule has 0 bridgehead atoms. The van der Waals surface area contributed by atoms with Crippen LogP contribution < -0.4 is 10.6 Å². The van der Waals surface area contributed by atoms with Gasteiger partial charge in [0.15, 0.2) is 0 Å². The van der Waals surface area contributed by atoms with Crippen LogP contribution in [0.25, 0.3) is 0 Å². The van der Waals surface area contributed by atoms with Gasteiger partial charge in [-0.25, -0.2) is 0 Å². The quantitative estimate of drug-likeness (QED) is 0.890. The van der Waals surface area contributed by atoms with Crippen LogP contribution in [0.15, 0.2) is 12.1 Å². The number of carbonyl (C=O) groups excluding carboxylic acids is 1. The highest BCUT2D eigenvalue weighted by Gasteiger charge is 2.28. The molecule has 1 aromatic heterocycles. The summed E-state index contributed by atoms with van der Waals surface area (Å²) in [6.45, 7) is 1.51. The number of methoxy groups -OCH3 is 1. The summed E-state index contributed by atoms with van der Waals surface area (Å²) in [5, 5.41) is 6.11. The first-order valence-electron chi connectivity index (χ1n) is 5.00. The normalized spacial score (nSPS) is 23.2. The average molecular weight is 297 g/mol. The van der Waals surface area contributed by atoms with Crippen molar-refractivity contribution in [1.29, 1.82) is 0 Å². The van der Waals surface area contributed by atoms with Crippen molar-refractivity contribution in [3.8, 4) is 0 Å². The molecule has 1 aromatic rings. The lowest BCUT2D eigenvalue weighted by Gasteiger charge is -2.17. The Morgan fingerprint density at radius 3 is 2.94 bits per heavy atom. The van der Waals surface area contributed by atoms with Crippen molar-refractivity contribution in [3.63, 3.8) is 0 Å². The van der Waals surface area contributed by atoms with Gasteiger partial charge in [0.25, 0.3) is 5.91 Å². The van der Waals surface area contributed by atoms with Crippen LogP contribution >= 0.6 is 35.3 Å². The van der Waals surface area contributed by atoms with E-state index in [4.69, 9.17) is 16.3 Å². The highest BCUT2D eigenvalue weighted by Crippen LogP contribution is 2.21. The third-order valence-electron chi connectivity index (χ3n) is 2.57. The van der Waals surface area contributed by atoms with E-state index in [1.165, 1.54) is 11.3 Å². The Hall–Kier alpha value is -0.330. The minimum atomic E-state index is -0.0901. The Balaban J connectivity index is 0.00000144. The first-order chi connectivity index (χ1) is 7.70. The molecule has 7 heteroatoms. The summed E-state index contributed by atoms with van der Waals surface area (Å²) in [6, 6.07) is 3.48. The Labute approximate surface area is 115 Å². The summed E-state index contributed by atoms with van der Waals surface area (Å²) >= 11 is 7.06. The molecule has 1 unspecified atom stereocenters. The fourth-order valence-electron chi connectivity index (χ4n) is 1.72. The number of thiophene rings is 1. The van der Waals surface area contributed by atoms with E-state index in [1.807, 2.05) is 0 Å². The van der Waals surface area contributed by atoms with Crippen LogP contribution in [-0.4, -0.2) is 38.3 Å². The van der Waals surface area contributed by atoms with Gasteiger partial charge in [0, 0.05) is 20.2 Å². The summed E-state index contributed by atoms with van der Waals surface area (Å²) in [5.74, 6) is -0.0901.